The molecule has 1 aliphatic carbocycles. The second-order valence-corrected chi connectivity index (χ2v) is 5.87. The number of nitrogens with one attached hydrogen (secondary N) is 2. The smallest absolute Gasteiger partial charge is 0.334 e. The van der Waals surface area contributed by atoms with E-state index in [1.165, 1.54) is 0 Å². The third-order valence-electron chi connectivity index (χ3n) is 4.34. The van der Waals surface area contributed by atoms with Gasteiger partial charge in [0.25, 0.3) is 5.91 Å². The van der Waals surface area contributed by atoms with Crippen molar-refractivity contribution in [3.8, 4) is 0 Å². The number of rotatable bonds is 6. The molecule has 1 fully saturated rings. The monoisotopic (exact) mass is 313 g/mol. The molecule has 1 saturated carbocycles. The maximum atomic E-state index is 12.5. The van der Waals surface area contributed by atoms with Crippen molar-refractivity contribution in [1.82, 2.24) is 15.5 Å². The summed E-state index contributed by atoms with van der Waals surface area (Å²) in [6.45, 7) is 1.74. The van der Waals surface area contributed by atoms with Gasteiger partial charge >= 0.3 is 5.97 Å². The SMILES string of the molecule is CCC(NC(=O)c1cc(C2CC2)[nH]n1)(C(=O)O)c1ccccc1. The summed E-state index contributed by atoms with van der Waals surface area (Å²) in [7, 11) is 0. The fraction of sp³-hybridized carbons (Fsp3) is 0.353. The Bertz CT molecular complexity index is 722. The molecule has 0 bridgehead atoms. The predicted molar refractivity (Wildman–Crippen MR) is 84.1 cm³/mol. The molecule has 6 nitrogen and oxygen atoms in total. The first kappa shape index (κ1) is 15.3. The number of hydrogen-bond acceptors (Lipinski definition) is 3. The third-order valence-corrected chi connectivity index (χ3v) is 4.34. The fourth-order valence-electron chi connectivity index (χ4n) is 2.73. The number of carbonyl (C=O) groups is 2. The molecule has 2 aromatic rings. The van der Waals surface area contributed by atoms with Crippen LogP contribution in [0.1, 0.15) is 53.8 Å². The van der Waals surface area contributed by atoms with Crippen LogP contribution in [-0.2, 0) is 10.3 Å². The lowest BCUT2D eigenvalue weighted by molar-refractivity contribution is -0.145. The Morgan fingerprint density at radius 2 is 2.04 bits per heavy atom. The maximum absolute atomic E-state index is 12.5. The topological polar surface area (TPSA) is 95.1 Å². The van der Waals surface area contributed by atoms with Gasteiger partial charge in [-0.05, 0) is 30.9 Å². The van der Waals surface area contributed by atoms with Crippen molar-refractivity contribution >= 4 is 11.9 Å². The molecule has 23 heavy (non-hydrogen) atoms. The van der Waals surface area contributed by atoms with E-state index in [0.29, 0.717) is 11.5 Å². The first-order valence-electron chi connectivity index (χ1n) is 7.73. The van der Waals surface area contributed by atoms with E-state index in [0.717, 1.165) is 18.5 Å². The summed E-state index contributed by atoms with van der Waals surface area (Å²) in [5, 5.41) is 19.3. The largest absolute Gasteiger partial charge is 0.479 e. The number of aromatic nitrogens is 2. The summed E-state index contributed by atoms with van der Waals surface area (Å²) in [6, 6.07) is 10.4. The number of amides is 1. The quantitative estimate of drug-likeness (QED) is 0.763. The number of nitrogens with zero attached hydrogens (tertiary/aromatic N) is 1. The van der Waals surface area contributed by atoms with E-state index in [2.05, 4.69) is 15.5 Å². The highest BCUT2D eigenvalue weighted by atomic mass is 16.4. The van der Waals surface area contributed by atoms with Gasteiger partial charge in [-0.1, -0.05) is 37.3 Å². The summed E-state index contributed by atoms with van der Waals surface area (Å²) in [5.41, 5.74) is 0.243. The van der Waals surface area contributed by atoms with Crippen molar-refractivity contribution in [2.45, 2.75) is 37.6 Å². The van der Waals surface area contributed by atoms with Crippen molar-refractivity contribution in [2.75, 3.05) is 0 Å². The number of aromatic amines is 1. The first-order valence-corrected chi connectivity index (χ1v) is 7.73. The van der Waals surface area contributed by atoms with E-state index in [1.807, 2.05) is 6.07 Å². The van der Waals surface area contributed by atoms with Crippen LogP contribution in [0.4, 0.5) is 0 Å². The van der Waals surface area contributed by atoms with E-state index in [4.69, 9.17) is 0 Å². The van der Waals surface area contributed by atoms with Crippen LogP contribution in [0.2, 0.25) is 0 Å². The van der Waals surface area contributed by atoms with Crippen LogP contribution >= 0.6 is 0 Å². The van der Waals surface area contributed by atoms with Gasteiger partial charge < -0.3 is 10.4 Å². The molecular formula is C17H19N3O3. The van der Waals surface area contributed by atoms with Crippen LogP contribution in [-0.4, -0.2) is 27.2 Å². The second-order valence-electron chi connectivity index (χ2n) is 5.87. The van der Waals surface area contributed by atoms with E-state index < -0.39 is 17.4 Å². The molecule has 1 aliphatic rings. The number of H-pyrrole nitrogens is 1. The van der Waals surface area contributed by atoms with Gasteiger partial charge in [0.05, 0.1) is 0 Å². The van der Waals surface area contributed by atoms with Crippen molar-refractivity contribution in [3.63, 3.8) is 0 Å². The minimum absolute atomic E-state index is 0.224. The Morgan fingerprint density at radius 1 is 1.35 bits per heavy atom. The molecule has 0 spiro atoms. The lowest BCUT2D eigenvalue weighted by Gasteiger charge is -2.29. The summed E-state index contributed by atoms with van der Waals surface area (Å²) in [5.74, 6) is -1.12. The molecule has 1 amide bonds. The van der Waals surface area contributed by atoms with Crippen LogP contribution in [0.5, 0.6) is 0 Å². The second kappa shape index (κ2) is 5.87. The molecule has 6 heteroatoms. The van der Waals surface area contributed by atoms with E-state index in [9.17, 15) is 14.7 Å². The molecule has 3 rings (SSSR count). The van der Waals surface area contributed by atoms with Crippen molar-refractivity contribution in [2.24, 2.45) is 0 Å². The average molecular weight is 313 g/mol. The summed E-state index contributed by atoms with van der Waals surface area (Å²) in [6.07, 6.45) is 2.43. The molecule has 1 heterocycles. The van der Waals surface area contributed by atoms with Crippen LogP contribution < -0.4 is 5.32 Å². The normalized spacial score (nSPS) is 16.6. The lowest BCUT2D eigenvalue weighted by Crippen LogP contribution is -2.51. The number of aliphatic carboxylic acids is 1. The van der Waals surface area contributed by atoms with Crippen molar-refractivity contribution < 1.29 is 14.7 Å². The molecule has 0 radical (unpaired) electrons. The number of carbonyl (C=O) groups excluding carboxylic acids is 1. The number of benzene rings is 1. The Balaban J connectivity index is 1.88. The van der Waals surface area contributed by atoms with Gasteiger partial charge in [-0.15, -0.1) is 0 Å². The molecule has 1 atom stereocenters. The van der Waals surface area contributed by atoms with Gasteiger partial charge in [0.1, 0.15) is 5.69 Å². The number of carboxylic acid groups (broad SMARTS) is 1. The van der Waals surface area contributed by atoms with Crippen LogP contribution in [0.25, 0.3) is 0 Å². The standard InChI is InChI=1S/C17H19N3O3/c1-2-17(16(22)23,12-6-4-3-5-7-12)18-15(21)14-10-13(19-20-14)11-8-9-11/h3-7,10-11H,2,8-9H2,1H3,(H,18,21)(H,19,20)(H,22,23). The minimum atomic E-state index is -1.46. The van der Waals surface area contributed by atoms with E-state index in [1.54, 1.807) is 37.3 Å². The highest BCUT2D eigenvalue weighted by Gasteiger charge is 2.41. The van der Waals surface area contributed by atoms with E-state index >= 15 is 0 Å². The number of hydrogen-bond donors (Lipinski definition) is 3. The van der Waals surface area contributed by atoms with Gasteiger partial charge in [0.2, 0.25) is 0 Å². The first-order chi connectivity index (χ1) is 11.1. The average Bonchev–Trinajstić information content (AvgIpc) is 3.30. The van der Waals surface area contributed by atoms with Gasteiger partial charge in [-0.25, -0.2) is 4.79 Å². The molecule has 0 aliphatic heterocycles. The van der Waals surface area contributed by atoms with E-state index in [-0.39, 0.29) is 12.1 Å². The van der Waals surface area contributed by atoms with Gasteiger partial charge in [0, 0.05) is 11.6 Å². The van der Waals surface area contributed by atoms with Gasteiger partial charge in [-0.3, -0.25) is 9.89 Å². The van der Waals surface area contributed by atoms with Gasteiger partial charge in [-0.2, -0.15) is 5.10 Å². The highest BCUT2D eigenvalue weighted by Crippen LogP contribution is 2.39. The van der Waals surface area contributed by atoms with Crippen LogP contribution in [0, 0.1) is 0 Å². The number of carboxylic acids is 1. The summed E-state index contributed by atoms with van der Waals surface area (Å²) < 4.78 is 0. The highest BCUT2D eigenvalue weighted by molar-refractivity contribution is 5.96. The predicted octanol–water partition coefficient (Wildman–Crippen LogP) is 2.41. The summed E-state index contributed by atoms with van der Waals surface area (Å²) in [4.78, 5) is 24.4. The molecule has 0 saturated heterocycles. The Morgan fingerprint density at radius 3 is 2.61 bits per heavy atom. The zero-order valence-corrected chi connectivity index (χ0v) is 12.9. The molecule has 3 N–H and O–H groups in total. The third kappa shape index (κ3) is 2.84. The molecule has 1 aromatic carbocycles. The summed E-state index contributed by atoms with van der Waals surface area (Å²) >= 11 is 0. The molecular weight excluding hydrogens is 294 g/mol. The Labute approximate surface area is 133 Å². The van der Waals surface area contributed by atoms with Gasteiger partial charge in [0.15, 0.2) is 5.54 Å². The Kier molecular flexibility index (Phi) is 3.90. The van der Waals surface area contributed by atoms with Crippen molar-refractivity contribution in [3.05, 3.63) is 53.3 Å². The van der Waals surface area contributed by atoms with Crippen molar-refractivity contribution in [1.29, 1.82) is 0 Å². The zero-order chi connectivity index (χ0) is 16.4. The molecule has 120 valence electrons. The van der Waals surface area contributed by atoms with Crippen LogP contribution in [0.15, 0.2) is 36.4 Å². The van der Waals surface area contributed by atoms with Crippen LogP contribution in [0.3, 0.4) is 0 Å². The molecule has 1 aromatic heterocycles. The zero-order valence-electron chi connectivity index (χ0n) is 12.9. The lowest BCUT2D eigenvalue weighted by atomic mass is 9.87. The minimum Gasteiger partial charge on any atom is -0.479 e. The Hall–Kier alpha value is -2.63. The maximum Gasteiger partial charge on any atom is 0.334 e. The fourth-order valence-corrected chi connectivity index (χ4v) is 2.73. The molecule has 1 unspecified atom stereocenters.